The van der Waals surface area contributed by atoms with Gasteiger partial charge < -0.3 is 14.1 Å². The van der Waals surface area contributed by atoms with Crippen molar-refractivity contribution in [3.05, 3.63) is 173 Å². The van der Waals surface area contributed by atoms with Crippen molar-refractivity contribution in [2.75, 3.05) is 9.71 Å². The molecule has 0 unspecified atom stereocenters. The molecule has 4 aliphatic rings. The number of nitrogens with zero attached hydrogens (tertiary/aromatic N) is 2. The van der Waals surface area contributed by atoms with Crippen LogP contribution in [0, 0.1) is 6.92 Å². The van der Waals surface area contributed by atoms with Crippen molar-refractivity contribution in [2.24, 2.45) is 0 Å². The average molecular weight is 927 g/mol. The molecule has 0 atom stereocenters. The lowest BCUT2D eigenvalue weighted by atomic mass is 9.43. The van der Waals surface area contributed by atoms with Gasteiger partial charge in [0.1, 0.15) is 11.2 Å². The summed E-state index contributed by atoms with van der Waals surface area (Å²) in [5.41, 5.74) is 23.0. The van der Waals surface area contributed by atoms with Crippen LogP contribution < -0.4 is 20.6 Å². The maximum atomic E-state index is 7.23. The van der Waals surface area contributed by atoms with Crippen molar-refractivity contribution in [1.29, 1.82) is 0 Å². The molecule has 0 saturated carbocycles. The molecule has 0 spiro atoms. The first-order chi connectivity index (χ1) is 33.6. The summed E-state index contributed by atoms with van der Waals surface area (Å²) in [6, 6.07) is 56.0. The summed E-state index contributed by atoms with van der Waals surface area (Å²) in [5.74, 6) is 0. The van der Waals surface area contributed by atoms with Gasteiger partial charge in [-0.05, 0) is 159 Å². The van der Waals surface area contributed by atoms with Crippen LogP contribution in [0.1, 0.15) is 109 Å². The van der Waals surface area contributed by atoms with Crippen LogP contribution >= 0.6 is 11.3 Å². The van der Waals surface area contributed by atoms with Crippen molar-refractivity contribution in [3.63, 3.8) is 0 Å². The zero-order chi connectivity index (χ0) is 47.8. The van der Waals surface area contributed by atoms with Gasteiger partial charge in [-0.15, -0.1) is 11.3 Å². The van der Waals surface area contributed by atoms with Gasteiger partial charge in [-0.1, -0.05) is 146 Å². The number of hydrogen-bond donors (Lipinski definition) is 0. The second kappa shape index (κ2) is 14.3. The molecule has 70 heavy (non-hydrogen) atoms. The molecule has 14 rings (SSSR count). The largest absolute Gasteiger partial charge is 0.455 e. The highest BCUT2D eigenvalue weighted by Crippen LogP contribution is 2.57. The molecule has 8 aromatic carbocycles. The molecular weight excluding hydrogens is 868 g/mol. The number of thiophene rings is 1. The minimum Gasteiger partial charge on any atom is -0.455 e. The van der Waals surface area contributed by atoms with Gasteiger partial charge >= 0.3 is 6.85 Å². The molecule has 0 amide bonds. The van der Waals surface area contributed by atoms with Gasteiger partial charge in [0.05, 0.1) is 0 Å². The smallest absolute Gasteiger partial charge is 0.333 e. The van der Waals surface area contributed by atoms with Gasteiger partial charge in [0.25, 0.3) is 0 Å². The molecule has 344 valence electrons. The molecule has 2 aliphatic heterocycles. The number of furan rings is 1. The van der Waals surface area contributed by atoms with Crippen molar-refractivity contribution in [3.8, 4) is 22.3 Å². The molecule has 2 aliphatic carbocycles. The van der Waals surface area contributed by atoms with E-state index in [9.17, 15) is 0 Å². The Bertz CT molecular complexity index is 3890. The van der Waals surface area contributed by atoms with E-state index in [-0.39, 0.29) is 28.5 Å². The van der Waals surface area contributed by atoms with Crippen LogP contribution in [0.3, 0.4) is 0 Å². The third-order valence-corrected chi connectivity index (χ3v) is 18.9. The Balaban J connectivity index is 1.16. The summed E-state index contributed by atoms with van der Waals surface area (Å²) in [4.78, 5) is 5.41. The molecule has 10 aromatic rings. The molecule has 3 nitrogen and oxygen atoms in total. The number of hydrogen-bond acceptors (Lipinski definition) is 4. The normalized spacial score (nSPS) is 17.9. The Kier molecular flexibility index (Phi) is 8.64. The summed E-state index contributed by atoms with van der Waals surface area (Å²) in [6.07, 6.45) is 4.67. The molecular formula is C65H59BN2OS. The highest BCUT2D eigenvalue weighted by molar-refractivity contribution is 7.26. The minimum absolute atomic E-state index is 0.0325. The monoisotopic (exact) mass is 926 g/mol. The minimum atomic E-state index is -0.143. The first kappa shape index (κ1) is 42.3. The van der Waals surface area contributed by atoms with Crippen LogP contribution in [0.2, 0.25) is 0 Å². The Morgan fingerprint density at radius 3 is 1.90 bits per heavy atom. The van der Waals surface area contributed by atoms with Crippen LogP contribution in [0.25, 0.3) is 64.4 Å². The van der Waals surface area contributed by atoms with E-state index in [1.165, 1.54) is 122 Å². The number of rotatable bonds is 3. The average Bonchev–Trinajstić information content (AvgIpc) is 3.93. The summed E-state index contributed by atoms with van der Waals surface area (Å²) < 4.78 is 9.85. The van der Waals surface area contributed by atoms with Gasteiger partial charge in [-0.3, -0.25) is 0 Å². The van der Waals surface area contributed by atoms with Crippen LogP contribution in [0.15, 0.2) is 150 Å². The zero-order valence-electron chi connectivity index (χ0n) is 42.0. The van der Waals surface area contributed by atoms with E-state index in [1.54, 1.807) is 0 Å². The highest BCUT2D eigenvalue weighted by atomic mass is 32.1. The summed E-state index contributed by atoms with van der Waals surface area (Å²) in [5, 5.41) is 4.90. The van der Waals surface area contributed by atoms with Crippen LogP contribution in [-0.2, 0) is 21.7 Å². The van der Waals surface area contributed by atoms with E-state index < -0.39 is 0 Å². The predicted molar refractivity (Wildman–Crippen MR) is 301 cm³/mol. The van der Waals surface area contributed by atoms with E-state index in [0.29, 0.717) is 0 Å². The van der Waals surface area contributed by atoms with Gasteiger partial charge in [0, 0.05) is 70.5 Å². The fourth-order valence-electron chi connectivity index (χ4n) is 13.5. The third kappa shape index (κ3) is 5.82. The van der Waals surface area contributed by atoms with E-state index in [2.05, 4.69) is 218 Å². The quantitative estimate of drug-likeness (QED) is 0.165. The summed E-state index contributed by atoms with van der Waals surface area (Å²) in [7, 11) is 0. The second-order valence-corrected chi connectivity index (χ2v) is 24.8. The topological polar surface area (TPSA) is 19.6 Å². The number of para-hydroxylation sites is 1. The standard InChI is InChI=1S/C65H59BN2OS/c1-38-33-47-49(65(8,9)32-31-63(47,4)5)37-52(38)67-53-34-40(39-17-11-10-12-18-39)23-27-50(53)66-59-54(67)36-45-43-20-14-16-22-56(43)70-61(45)58(59)57-51(28-25-44-42-19-13-15-21-55(42)69-60(44)57)68(66)41-24-26-46-48(35-41)64(6,7)30-29-62(46,2)3/h10-28,33-37H,29-32H2,1-9H3. The lowest BCUT2D eigenvalue weighted by molar-refractivity contribution is 0.332. The Hall–Kier alpha value is -6.56. The first-order valence-electron chi connectivity index (χ1n) is 25.6. The SMILES string of the molecule is Cc1cc2c(cc1N1c3cc(-c4ccccc4)ccc3B3c4c1cc1c(sc5ccccc51)c4-c1c(ccc4c1oc1ccccc14)N3c1ccc3c(c1)C(C)(C)CCC3(C)C)C(C)(C)CCC2(C)C. The van der Waals surface area contributed by atoms with Crippen molar-refractivity contribution < 1.29 is 4.42 Å². The maximum Gasteiger partial charge on any atom is 0.333 e. The zero-order valence-corrected chi connectivity index (χ0v) is 42.8. The van der Waals surface area contributed by atoms with Crippen LogP contribution in [0.4, 0.5) is 28.4 Å². The summed E-state index contributed by atoms with van der Waals surface area (Å²) >= 11 is 1.94. The lowest BCUT2D eigenvalue weighted by Crippen LogP contribution is -2.61. The van der Waals surface area contributed by atoms with Crippen LogP contribution in [-0.4, -0.2) is 6.85 Å². The van der Waals surface area contributed by atoms with Gasteiger partial charge in [-0.25, -0.2) is 0 Å². The molecule has 4 heterocycles. The first-order valence-corrected chi connectivity index (χ1v) is 26.4. The predicted octanol–water partition coefficient (Wildman–Crippen LogP) is 17.3. The second-order valence-electron chi connectivity index (χ2n) is 23.8. The Morgan fingerprint density at radius 1 is 0.486 bits per heavy atom. The van der Waals surface area contributed by atoms with Gasteiger partial charge in [-0.2, -0.15) is 0 Å². The molecule has 0 bridgehead atoms. The Labute approximate surface area is 416 Å². The Morgan fingerprint density at radius 2 is 1.14 bits per heavy atom. The number of aryl methyl sites for hydroxylation is 1. The molecule has 2 aromatic heterocycles. The van der Waals surface area contributed by atoms with Crippen molar-refractivity contribution in [1.82, 2.24) is 0 Å². The summed E-state index contributed by atoms with van der Waals surface area (Å²) in [6.45, 7) is 21.9. The number of fused-ring (bicyclic) bond motifs is 14. The fraction of sp³-hybridized carbons (Fsp3) is 0.262. The molecule has 0 saturated heterocycles. The van der Waals surface area contributed by atoms with Gasteiger partial charge in [0.2, 0.25) is 0 Å². The third-order valence-electron chi connectivity index (χ3n) is 17.7. The van der Waals surface area contributed by atoms with Crippen molar-refractivity contribution >= 4 is 99.7 Å². The van der Waals surface area contributed by atoms with Crippen LogP contribution in [0.5, 0.6) is 0 Å². The molecule has 0 radical (unpaired) electrons. The van der Waals surface area contributed by atoms with E-state index >= 15 is 0 Å². The van der Waals surface area contributed by atoms with E-state index in [4.69, 9.17) is 4.42 Å². The molecule has 5 heteroatoms. The van der Waals surface area contributed by atoms with Crippen molar-refractivity contribution in [2.45, 2.75) is 110 Å². The number of benzene rings is 8. The molecule has 0 N–H and O–H groups in total. The van der Waals surface area contributed by atoms with E-state index in [1.807, 2.05) is 11.3 Å². The number of anilines is 5. The maximum absolute atomic E-state index is 7.23. The van der Waals surface area contributed by atoms with E-state index in [0.717, 1.165) is 34.8 Å². The molecule has 0 fully saturated rings. The lowest BCUT2D eigenvalue weighted by Gasteiger charge is -2.48. The van der Waals surface area contributed by atoms with Gasteiger partial charge in [0.15, 0.2) is 0 Å². The highest BCUT2D eigenvalue weighted by Gasteiger charge is 2.49. The fourth-order valence-corrected chi connectivity index (χ4v) is 14.7.